The Kier molecular flexibility index (Phi) is 5.35. The lowest BCUT2D eigenvalue weighted by Crippen LogP contribution is -2.39. The number of fused-ring (bicyclic) bond motifs is 5. The summed E-state index contributed by atoms with van der Waals surface area (Å²) in [6.45, 7) is 7.02. The summed E-state index contributed by atoms with van der Waals surface area (Å²) in [7, 11) is 0. The molecule has 0 unspecified atom stereocenters. The van der Waals surface area contributed by atoms with Crippen molar-refractivity contribution in [3.05, 3.63) is 68.8 Å². The second-order valence-electron chi connectivity index (χ2n) is 9.00. The van der Waals surface area contributed by atoms with Crippen LogP contribution in [0.15, 0.2) is 36.5 Å². The van der Waals surface area contributed by atoms with Crippen molar-refractivity contribution in [2.45, 2.75) is 59.0 Å². The number of amides is 2. The van der Waals surface area contributed by atoms with Crippen molar-refractivity contribution in [3.63, 3.8) is 0 Å². The topological polar surface area (TPSA) is 37.3 Å². The highest BCUT2D eigenvalue weighted by Crippen LogP contribution is 2.44. The number of hydrogen-bond donors (Lipinski definition) is 1. The zero-order valence-corrected chi connectivity index (χ0v) is 19.8. The molecule has 0 bridgehead atoms. The molecule has 1 atom stereocenters. The van der Waals surface area contributed by atoms with Crippen LogP contribution in [0.2, 0.25) is 5.02 Å². The second-order valence-corrected chi connectivity index (χ2v) is 10.5. The highest BCUT2D eigenvalue weighted by Gasteiger charge is 2.36. The lowest BCUT2D eigenvalue weighted by Gasteiger charge is -2.33. The number of anilines is 1. The van der Waals surface area contributed by atoms with Gasteiger partial charge in [0.15, 0.2) is 0 Å². The number of aryl methyl sites for hydroxylation is 2. The first-order valence-electron chi connectivity index (χ1n) is 11.1. The fraction of sp³-hybridized carbons (Fsp3) is 0.400. The van der Waals surface area contributed by atoms with E-state index in [-0.39, 0.29) is 18.0 Å². The number of urea groups is 1. The van der Waals surface area contributed by atoms with Crippen LogP contribution in [-0.4, -0.2) is 15.5 Å². The van der Waals surface area contributed by atoms with Crippen LogP contribution < -0.4 is 5.32 Å². The minimum Gasteiger partial charge on any atom is -0.311 e. The summed E-state index contributed by atoms with van der Waals surface area (Å²) in [4.78, 5) is 17.2. The van der Waals surface area contributed by atoms with E-state index in [9.17, 15) is 4.79 Å². The summed E-state index contributed by atoms with van der Waals surface area (Å²) in [5.41, 5.74) is 5.77. The Morgan fingerprint density at radius 2 is 2.00 bits per heavy atom. The van der Waals surface area contributed by atoms with Crippen molar-refractivity contribution in [1.29, 1.82) is 0 Å². The lowest BCUT2D eigenvalue weighted by molar-refractivity contribution is 0.161. The molecule has 3 aromatic rings. The van der Waals surface area contributed by atoms with Gasteiger partial charge in [-0.1, -0.05) is 31.5 Å². The first-order valence-corrected chi connectivity index (χ1v) is 12.3. The van der Waals surface area contributed by atoms with Crippen LogP contribution in [0.1, 0.15) is 60.0 Å². The van der Waals surface area contributed by atoms with Crippen molar-refractivity contribution in [2.75, 3.05) is 5.32 Å². The maximum Gasteiger partial charge on any atom is 0.322 e. The molecule has 6 heteroatoms. The summed E-state index contributed by atoms with van der Waals surface area (Å²) in [6, 6.07) is 9.83. The molecule has 31 heavy (non-hydrogen) atoms. The fourth-order valence-electron chi connectivity index (χ4n) is 5.04. The van der Waals surface area contributed by atoms with E-state index in [1.54, 1.807) is 0 Å². The number of rotatable bonds is 2. The Morgan fingerprint density at radius 1 is 1.19 bits per heavy atom. The smallest absolute Gasteiger partial charge is 0.311 e. The standard InChI is InChI=1S/C25H28ClN3OS/c1-15(2)23-21-8-6-12-28(21)24-19(18-7-4-5-9-22(18)31-24)14-29(23)25(30)27-20-13-17(26)11-10-16(20)3/h6,8,10-13,15,23H,4-5,7,9,14H2,1-3H3,(H,27,30)/t23-/m0/s1. The number of thiophene rings is 1. The van der Waals surface area contributed by atoms with Crippen molar-refractivity contribution in [3.8, 4) is 5.00 Å². The van der Waals surface area contributed by atoms with Crippen LogP contribution in [0.4, 0.5) is 10.5 Å². The molecular formula is C25H28ClN3OS. The average molecular weight is 454 g/mol. The Morgan fingerprint density at radius 3 is 2.81 bits per heavy atom. The number of nitrogens with one attached hydrogen (secondary N) is 1. The number of aromatic nitrogens is 1. The van der Waals surface area contributed by atoms with E-state index in [2.05, 4.69) is 42.1 Å². The Bertz CT molecular complexity index is 1150. The summed E-state index contributed by atoms with van der Waals surface area (Å²) < 4.78 is 2.33. The van der Waals surface area contributed by atoms with Gasteiger partial charge in [-0.2, -0.15) is 0 Å². The predicted molar refractivity (Wildman–Crippen MR) is 129 cm³/mol. The normalized spacial score (nSPS) is 17.7. The van der Waals surface area contributed by atoms with Crippen molar-refractivity contribution >= 4 is 34.7 Å². The highest BCUT2D eigenvalue weighted by atomic mass is 35.5. The van der Waals surface area contributed by atoms with Crippen molar-refractivity contribution in [2.24, 2.45) is 5.92 Å². The average Bonchev–Trinajstić information content (AvgIpc) is 3.32. The predicted octanol–water partition coefficient (Wildman–Crippen LogP) is 7.12. The molecule has 2 amide bonds. The molecule has 1 aliphatic carbocycles. The minimum atomic E-state index is -0.0690. The van der Waals surface area contributed by atoms with Crippen LogP contribution in [-0.2, 0) is 19.4 Å². The molecular weight excluding hydrogens is 426 g/mol. The SMILES string of the molecule is Cc1ccc(Cl)cc1NC(=O)N1Cc2c(sc3c2CCCC3)-n2cccc2[C@@H]1C(C)C. The van der Waals surface area contributed by atoms with E-state index in [1.165, 1.54) is 39.5 Å². The summed E-state index contributed by atoms with van der Waals surface area (Å²) in [5.74, 6) is 0.282. The zero-order chi connectivity index (χ0) is 21.7. The fourth-order valence-corrected chi connectivity index (χ4v) is 6.61. The van der Waals surface area contributed by atoms with Gasteiger partial charge in [-0.3, -0.25) is 0 Å². The van der Waals surface area contributed by atoms with Crippen LogP contribution in [0, 0.1) is 12.8 Å². The number of hydrogen-bond acceptors (Lipinski definition) is 2. The van der Waals surface area contributed by atoms with E-state index in [0.717, 1.165) is 24.1 Å². The third-order valence-electron chi connectivity index (χ3n) is 6.56. The highest BCUT2D eigenvalue weighted by molar-refractivity contribution is 7.15. The van der Waals surface area contributed by atoms with E-state index >= 15 is 0 Å². The molecule has 4 nitrogen and oxygen atoms in total. The van der Waals surface area contributed by atoms with Gasteiger partial charge in [0.2, 0.25) is 0 Å². The third kappa shape index (κ3) is 3.58. The molecule has 1 aliphatic heterocycles. The molecule has 162 valence electrons. The molecule has 2 aromatic heterocycles. The lowest BCUT2D eigenvalue weighted by atomic mass is 9.94. The number of halogens is 1. The van der Waals surface area contributed by atoms with Gasteiger partial charge in [-0.15, -0.1) is 11.3 Å². The van der Waals surface area contributed by atoms with Crippen LogP contribution >= 0.6 is 22.9 Å². The largest absolute Gasteiger partial charge is 0.322 e. The molecule has 0 fully saturated rings. The van der Waals surface area contributed by atoms with E-state index in [1.807, 2.05) is 41.4 Å². The van der Waals surface area contributed by atoms with Crippen LogP contribution in [0.3, 0.4) is 0 Å². The number of nitrogens with zero attached hydrogens (tertiary/aromatic N) is 2. The molecule has 1 aromatic carbocycles. The summed E-state index contributed by atoms with van der Waals surface area (Å²) >= 11 is 8.13. The van der Waals surface area contributed by atoms with E-state index in [0.29, 0.717) is 11.6 Å². The van der Waals surface area contributed by atoms with Gasteiger partial charge in [0.05, 0.1) is 12.6 Å². The Hall–Kier alpha value is -2.24. The van der Waals surface area contributed by atoms with E-state index in [4.69, 9.17) is 11.6 Å². The number of carbonyl (C=O) groups excluding carboxylic acids is 1. The van der Waals surface area contributed by atoms with Crippen molar-refractivity contribution in [1.82, 2.24) is 9.47 Å². The minimum absolute atomic E-state index is 0.00618. The first kappa shape index (κ1) is 20.7. The monoisotopic (exact) mass is 453 g/mol. The van der Waals surface area contributed by atoms with Gasteiger partial charge in [-0.05, 0) is 73.9 Å². The molecule has 0 saturated carbocycles. The van der Waals surface area contributed by atoms with Gasteiger partial charge >= 0.3 is 6.03 Å². The quantitative estimate of drug-likeness (QED) is 0.440. The van der Waals surface area contributed by atoms with Crippen LogP contribution in [0.25, 0.3) is 5.00 Å². The van der Waals surface area contributed by atoms with E-state index < -0.39 is 0 Å². The number of benzene rings is 1. The van der Waals surface area contributed by atoms with Gasteiger partial charge < -0.3 is 14.8 Å². The Balaban J connectivity index is 1.60. The molecule has 0 spiro atoms. The van der Waals surface area contributed by atoms with Gasteiger partial charge in [-0.25, -0.2) is 4.79 Å². The zero-order valence-electron chi connectivity index (χ0n) is 18.2. The summed E-state index contributed by atoms with van der Waals surface area (Å²) in [6.07, 6.45) is 6.93. The van der Waals surface area contributed by atoms with Gasteiger partial charge in [0, 0.05) is 33.0 Å². The second kappa shape index (κ2) is 8.03. The van der Waals surface area contributed by atoms with Gasteiger partial charge in [0.25, 0.3) is 0 Å². The molecule has 0 radical (unpaired) electrons. The molecule has 0 saturated heterocycles. The summed E-state index contributed by atoms with van der Waals surface area (Å²) in [5, 5.41) is 5.08. The van der Waals surface area contributed by atoms with Gasteiger partial charge in [0.1, 0.15) is 5.00 Å². The molecule has 3 heterocycles. The molecule has 2 aliphatic rings. The maximum absolute atomic E-state index is 13.7. The molecule has 1 N–H and O–H groups in total. The molecule has 5 rings (SSSR count). The van der Waals surface area contributed by atoms with Crippen LogP contribution in [0.5, 0.6) is 0 Å². The first-order chi connectivity index (χ1) is 14.9. The Labute approximate surface area is 192 Å². The third-order valence-corrected chi connectivity index (χ3v) is 8.13. The maximum atomic E-state index is 13.7. The van der Waals surface area contributed by atoms with Crippen molar-refractivity contribution < 1.29 is 4.79 Å². The number of carbonyl (C=O) groups is 1.